The quantitative estimate of drug-likeness (QED) is 0.721. The van der Waals surface area contributed by atoms with Crippen molar-refractivity contribution in [1.29, 1.82) is 0 Å². The van der Waals surface area contributed by atoms with E-state index in [9.17, 15) is 18.4 Å². The molecule has 0 heterocycles. The Morgan fingerprint density at radius 2 is 1.91 bits per heavy atom. The number of rotatable bonds is 4. The number of aliphatic imine (C=N–C) groups is 1. The van der Waals surface area contributed by atoms with Crippen molar-refractivity contribution >= 4 is 17.6 Å². The highest BCUT2D eigenvalue weighted by molar-refractivity contribution is 6.41. The average molecular weight is 317 g/mol. The summed E-state index contributed by atoms with van der Waals surface area (Å²) in [7, 11) is 0. The zero-order valence-corrected chi connectivity index (χ0v) is 13.9. The summed E-state index contributed by atoms with van der Waals surface area (Å²) in [5.41, 5.74) is -0.667. The van der Waals surface area contributed by atoms with Gasteiger partial charge in [-0.3, -0.25) is 4.79 Å². The minimum absolute atomic E-state index is 0.0481. The van der Waals surface area contributed by atoms with E-state index < -0.39 is 17.6 Å². The summed E-state index contributed by atoms with van der Waals surface area (Å²) >= 11 is 0. The second-order valence-corrected chi connectivity index (χ2v) is 7.23. The maximum atomic E-state index is 13.3. The lowest BCUT2D eigenvalue weighted by Crippen LogP contribution is -2.27. The molecule has 1 saturated carbocycles. The van der Waals surface area contributed by atoms with Crippen molar-refractivity contribution in [2.75, 3.05) is 0 Å². The minimum atomic E-state index is -2.68. The number of nitrogens with zero attached hydrogens (tertiary/aromatic N) is 1. The first-order chi connectivity index (χ1) is 9.89. The van der Waals surface area contributed by atoms with Crippen LogP contribution in [0.4, 0.5) is 13.6 Å². The van der Waals surface area contributed by atoms with E-state index >= 15 is 0 Å². The summed E-state index contributed by atoms with van der Waals surface area (Å²) in [5, 5.41) is 0. The molecule has 1 atom stereocenters. The van der Waals surface area contributed by atoms with Crippen LogP contribution in [0.15, 0.2) is 4.99 Å². The summed E-state index contributed by atoms with van der Waals surface area (Å²) in [4.78, 5) is 27.7. The van der Waals surface area contributed by atoms with Crippen LogP contribution < -0.4 is 0 Å². The Morgan fingerprint density at radius 3 is 2.32 bits per heavy atom. The molecule has 0 spiro atoms. The molecule has 1 aliphatic rings. The van der Waals surface area contributed by atoms with Crippen LogP contribution in [0.3, 0.4) is 0 Å². The molecule has 1 rings (SSSR count). The summed E-state index contributed by atoms with van der Waals surface area (Å²) in [5.74, 6) is -3.63. The maximum absolute atomic E-state index is 13.3. The van der Waals surface area contributed by atoms with Crippen LogP contribution >= 0.6 is 0 Å². The third kappa shape index (κ3) is 6.20. The van der Waals surface area contributed by atoms with Gasteiger partial charge in [-0.05, 0) is 39.5 Å². The first-order valence-electron chi connectivity index (χ1n) is 7.62. The van der Waals surface area contributed by atoms with Gasteiger partial charge >= 0.3 is 6.09 Å². The van der Waals surface area contributed by atoms with E-state index in [2.05, 4.69) is 4.99 Å². The molecule has 0 N–H and O–H groups in total. The number of ether oxygens (including phenoxy) is 1. The van der Waals surface area contributed by atoms with Crippen molar-refractivity contribution in [2.45, 2.75) is 71.8 Å². The number of Topliss-reactive ketones (excluding diaryl/α,β-unsaturated/α-hetero) is 1. The number of hydrogen-bond donors (Lipinski definition) is 0. The SMILES string of the molecule is CC(C)C(=O)C(CC1CCC(F)(F)C1)=NC(=O)OC(C)(C)C. The summed E-state index contributed by atoms with van der Waals surface area (Å²) in [6.45, 7) is 8.47. The van der Waals surface area contributed by atoms with Crippen molar-refractivity contribution in [3.05, 3.63) is 0 Å². The van der Waals surface area contributed by atoms with Gasteiger partial charge in [-0.2, -0.15) is 4.99 Å². The van der Waals surface area contributed by atoms with E-state index in [1.807, 2.05) is 0 Å². The number of carbonyl (C=O) groups excluding carboxylic acids is 2. The van der Waals surface area contributed by atoms with Crippen LogP contribution in [0, 0.1) is 11.8 Å². The molecular formula is C16H25F2NO3. The van der Waals surface area contributed by atoms with Gasteiger partial charge in [0.2, 0.25) is 5.92 Å². The van der Waals surface area contributed by atoms with E-state index in [4.69, 9.17) is 4.74 Å². The number of amides is 1. The topological polar surface area (TPSA) is 55.7 Å². The van der Waals surface area contributed by atoms with Gasteiger partial charge in [-0.25, -0.2) is 13.6 Å². The summed E-state index contributed by atoms with van der Waals surface area (Å²) in [6.07, 6.45) is -0.836. The number of halogens is 2. The standard InChI is InChI=1S/C16H25F2NO3/c1-10(2)13(20)12(19-14(21)22-15(3,4)5)8-11-6-7-16(17,18)9-11/h10-11H,6-9H2,1-5H3. The number of carbonyl (C=O) groups is 2. The number of ketones is 1. The smallest absolute Gasteiger partial charge is 0.434 e. The first kappa shape index (κ1) is 18.7. The Hall–Kier alpha value is -1.33. The Morgan fingerprint density at radius 1 is 1.32 bits per heavy atom. The predicted molar refractivity (Wildman–Crippen MR) is 80.4 cm³/mol. The molecule has 0 aromatic carbocycles. The molecule has 0 saturated heterocycles. The normalized spacial score (nSPS) is 22.0. The Kier molecular flexibility index (Phi) is 5.82. The van der Waals surface area contributed by atoms with Gasteiger partial charge in [0.15, 0.2) is 5.78 Å². The van der Waals surface area contributed by atoms with Crippen molar-refractivity contribution in [3.8, 4) is 0 Å². The molecule has 1 amide bonds. The van der Waals surface area contributed by atoms with E-state index in [0.29, 0.717) is 6.42 Å². The first-order valence-corrected chi connectivity index (χ1v) is 7.62. The third-order valence-corrected chi connectivity index (χ3v) is 3.42. The molecule has 4 nitrogen and oxygen atoms in total. The zero-order chi connectivity index (χ0) is 17.1. The van der Waals surface area contributed by atoms with Gasteiger partial charge < -0.3 is 4.74 Å². The highest BCUT2D eigenvalue weighted by Gasteiger charge is 2.40. The molecule has 0 aliphatic heterocycles. The molecule has 0 aromatic rings. The highest BCUT2D eigenvalue weighted by atomic mass is 19.3. The van der Waals surface area contributed by atoms with Gasteiger partial charge in [0, 0.05) is 18.8 Å². The van der Waals surface area contributed by atoms with E-state index in [-0.39, 0.29) is 42.6 Å². The van der Waals surface area contributed by atoms with Crippen molar-refractivity contribution in [3.63, 3.8) is 0 Å². The molecule has 1 aliphatic carbocycles. The van der Waals surface area contributed by atoms with Gasteiger partial charge in [0.1, 0.15) is 5.60 Å². The fourth-order valence-electron chi connectivity index (χ4n) is 2.42. The molecule has 126 valence electrons. The highest BCUT2D eigenvalue weighted by Crippen LogP contribution is 2.40. The van der Waals surface area contributed by atoms with Gasteiger partial charge in [-0.15, -0.1) is 0 Å². The largest absolute Gasteiger partial charge is 0.442 e. The van der Waals surface area contributed by atoms with E-state index in [1.165, 1.54) is 0 Å². The lowest BCUT2D eigenvalue weighted by molar-refractivity contribution is -0.115. The van der Waals surface area contributed by atoms with Crippen molar-refractivity contribution < 1.29 is 23.1 Å². The number of alkyl halides is 2. The van der Waals surface area contributed by atoms with Crippen LogP contribution in [0.5, 0.6) is 0 Å². The van der Waals surface area contributed by atoms with Crippen LogP contribution in [0.25, 0.3) is 0 Å². The van der Waals surface area contributed by atoms with Crippen molar-refractivity contribution in [2.24, 2.45) is 16.8 Å². The predicted octanol–water partition coefficient (Wildman–Crippen LogP) is 4.41. The van der Waals surface area contributed by atoms with E-state index in [0.717, 1.165) is 0 Å². The van der Waals surface area contributed by atoms with Gasteiger partial charge in [0.25, 0.3) is 0 Å². The van der Waals surface area contributed by atoms with Crippen LogP contribution in [0.1, 0.15) is 60.3 Å². The maximum Gasteiger partial charge on any atom is 0.434 e. The average Bonchev–Trinajstić information content (AvgIpc) is 2.64. The second-order valence-electron chi connectivity index (χ2n) is 7.23. The van der Waals surface area contributed by atoms with Crippen LogP contribution in [-0.2, 0) is 9.53 Å². The summed E-state index contributed by atoms with van der Waals surface area (Å²) in [6, 6.07) is 0. The molecular weight excluding hydrogens is 292 g/mol. The zero-order valence-electron chi connectivity index (χ0n) is 13.9. The molecule has 0 aromatic heterocycles. The molecule has 22 heavy (non-hydrogen) atoms. The van der Waals surface area contributed by atoms with Crippen molar-refractivity contribution in [1.82, 2.24) is 0 Å². The second kappa shape index (κ2) is 6.84. The van der Waals surface area contributed by atoms with Gasteiger partial charge in [-0.1, -0.05) is 13.8 Å². The fraction of sp³-hybridized carbons (Fsp3) is 0.812. The lowest BCUT2D eigenvalue weighted by atomic mass is 9.94. The monoisotopic (exact) mass is 317 g/mol. The molecule has 1 unspecified atom stereocenters. The van der Waals surface area contributed by atoms with E-state index in [1.54, 1.807) is 34.6 Å². The third-order valence-electron chi connectivity index (χ3n) is 3.42. The Bertz CT molecular complexity index is 465. The van der Waals surface area contributed by atoms with Gasteiger partial charge in [0.05, 0.1) is 5.71 Å². The lowest BCUT2D eigenvalue weighted by Gasteiger charge is -2.18. The molecule has 0 bridgehead atoms. The van der Waals surface area contributed by atoms with Crippen LogP contribution in [0.2, 0.25) is 0 Å². The molecule has 1 fully saturated rings. The Balaban J connectivity index is 2.85. The van der Waals surface area contributed by atoms with Crippen LogP contribution in [-0.4, -0.2) is 29.1 Å². The summed E-state index contributed by atoms with van der Waals surface area (Å²) < 4.78 is 31.6. The minimum Gasteiger partial charge on any atom is -0.442 e. The fourth-order valence-corrected chi connectivity index (χ4v) is 2.42. The number of hydrogen-bond acceptors (Lipinski definition) is 3. The molecule has 0 radical (unpaired) electrons. The Labute approximate surface area is 130 Å². The molecule has 6 heteroatoms.